The van der Waals surface area contributed by atoms with Gasteiger partial charge in [0, 0.05) is 37.4 Å². The van der Waals surface area contributed by atoms with Gasteiger partial charge in [0.05, 0.1) is 6.04 Å². The van der Waals surface area contributed by atoms with Gasteiger partial charge < -0.3 is 19.1 Å². The highest BCUT2D eigenvalue weighted by molar-refractivity contribution is 5.85. The molecule has 2 amide bonds. The Bertz CT molecular complexity index is 1230. The van der Waals surface area contributed by atoms with Crippen molar-refractivity contribution in [2.45, 2.75) is 71.0 Å². The van der Waals surface area contributed by atoms with Crippen LogP contribution in [-0.2, 0) is 16.1 Å². The van der Waals surface area contributed by atoms with Crippen molar-refractivity contribution in [3.8, 4) is 11.5 Å². The lowest BCUT2D eigenvalue weighted by molar-refractivity contribution is -0.143. The van der Waals surface area contributed by atoms with Gasteiger partial charge in [0.2, 0.25) is 11.8 Å². The van der Waals surface area contributed by atoms with E-state index in [9.17, 15) is 9.59 Å². The summed E-state index contributed by atoms with van der Waals surface area (Å²) in [6, 6.07) is 21.6. The maximum atomic E-state index is 13.9. The van der Waals surface area contributed by atoms with Crippen LogP contribution >= 0.6 is 0 Å². The van der Waals surface area contributed by atoms with E-state index in [-0.39, 0.29) is 30.4 Å². The molecule has 6 heteroatoms. The van der Waals surface area contributed by atoms with E-state index in [0.717, 1.165) is 35.7 Å². The number of amides is 2. The first kappa shape index (κ1) is 26.1. The Hall–Kier alpha value is -3.54. The topological polar surface area (TPSA) is 54.8 Å². The van der Waals surface area contributed by atoms with Gasteiger partial charge >= 0.3 is 0 Å². The Balaban J connectivity index is 1.35. The van der Waals surface area contributed by atoms with E-state index in [1.807, 2.05) is 73.3 Å². The number of benzene rings is 2. The molecule has 0 N–H and O–H groups in total. The van der Waals surface area contributed by atoms with Crippen molar-refractivity contribution in [2.24, 2.45) is 5.92 Å². The summed E-state index contributed by atoms with van der Waals surface area (Å²) in [5.41, 5.74) is 2.07. The molecule has 0 radical (unpaired) electrons. The van der Waals surface area contributed by atoms with Crippen molar-refractivity contribution < 1.29 is 14.3 Å². The lowest BCUT2D eigenvalue weighted by Gasteiger charge is -2.39. The second-order valence-corrected chi connectivity index (χ2v) is 10.9. The van der Waals surface area contributed by atoms with Crippen LogP contribution in [0, 0.1) is 5.92 Å². The number of para-hydroxylation sites is 1. The third-order valence-corrected chi connectivity index (χ3v) is 8.00. The zero-order chi connectivity index (χ0) is 26.5. The number of nitrogens with zero attached hydrogens (tertiary/aromatic N) is 3. The van der Waals surface area contributed by atoms with Crippen molar-refractivity contribution in [2.75, 3.05) is 13.1 Å². The maximum Gasteiger partial charge on any atom is 0.243 e. The highest BCUT2D eigenvalue weighted by Crippen LogP contribution is 2.35. The lowest BCUT2D eigenvalue weighted by atomic mass is 9.99. The zero-order valence-corrected chi connectivity index (χ0v) is 22.6. The van der Waals surface area contributed by atoms with E-state index in [1.165, 1.54) is 25.7 Å². The van der Waals surface area contributed by atoms with Gasteiger partial charge in [-0.05, 0) is 68.1 Å². The van der Waals surface area contributed by atoms with Crippen LogP contribution in [0.3, 0.4) is 0 Å². The van der Waals surface area contributed by atoms with Crippen LogP contribution in [0.5, 0.6) is 11.5 Å². The van der Waals surface area contributed by atoms with E-state index in [2.05, 4.69) is 22.9 Å². The second kappa shape index (κ2) is 11.9. The molecular weight excluding hydrogens is 474 g/mol. The third kappa shape index (κ3) is 5.95. The normalized spacial score (nSPS) is 17.4. The Kier molecular flexibility index (Phi) is 8.16. The predicted octanol–water partition coefficient (Wildman–Crippen LogP) is 6.42. The number of hydrogen-bond donors (Lipinski definition) is 0. The summed E-state index contributed by atoms with van der Waals surface area (Å²) in [6.45, 7) is 5.45. The molecule has 5 rings (SSSR count). The van der Waals surface area contributed by atoms with E-state index in [0.29, 0.717) is 18.9 Å². The molecule has 1 aliphatic heterocycles. The van der Waals surface area contributed by atoms with Crippen molar-refractivity contribution in [1.29, 1.82) is 0 Å². The SMILES string of the molecule is CC(C)N(CC(=O)N1CCn2cccc2C1c1cccc(Oc2ccccc2)c1)C(=O)CCC1CCCC1. The fourth-order valence-corrected chi connectivity index (χ4v) is 5.94. The van der Waals surface area contributed by atoms with Gasteiger partial charge in [0.25, 0.3) is 0 Å². The maximum absolute atomic E-state index is 13.9. The van der Waals surface area contributed by atoms with E-state index < -0.39 is 0 Å². The molecule has 3 aromatic rings. The van der Waals surface area contributed by atoms with Gasteiger partial charge in [-0.25, -0.2) is 0 Å². The largest absolute Gasteiger partial charge is 0.457 e. The highest BCUT2D eigenvalue weighted by atomic mass is 16.5. The molecule has 0 bridgehead atoms. The zero-order valence-electron chi connectivity index (χ0n) is 22.6. The summed E-state index contributed by atoms with van der Waals surface area (Å²) in [5.74, 6) is 2.24. The number of ether oxygens (including phenoxy) is 1. The van der Waals surface area contributed by atoms with Gasteiger partial charge in [0.1, 0.15) is 18.0 Å². The number of rotatable bonds is 9. The number of fused-ring (bicyclic) bond motifs is 1. The van der Waals surface area contributed by atoms with Gasteiger partial charge in [-0.2, -0.15) is 0 Å². The molecule has 1 unspecified atom stereocenters. The molecule has 2 aromatic carbocycles. The minimum atomic E-state index is -0.242. The first-order valence-corrected chi connectivity index (χ1v) is 14.1. The third-order valence-electron chi connectivity index (χ3n) is 8.00. The molecule has 6 nitrogen and oxygen atoms in total. The molecule has 2 aliphatic rings. The van der Waals surface area contributed by atoms with Gasteiger partial charge in [0.15, 0.2) is 0 Å². The van der Waals surface area contributed by atoms with Crippen molar-refractivity contribution in [3.05, 3.63) is 84.2 Å². The van der Waals surface area contributed by atoms with Crippen LogP contribution in [-0.4, -0.2) is 45.3 Å². The summed E-state index contributed by atoms with van der Waals surface area (Å²) in [5, 5.41) is 0. The quantitative estimate of drug-likeness (QED) is 0.332. The van der Waals surface area contributed by atoms with Crippen LogP contribution in [0.4, 0.5) is 0 Å². The van der Waals surface area contributed by atoms with Crippen molar-refractivity contribution in [1.82, 2.24) is 14.4 Å². The fourth-order valence-electron chi connectivity index (χ4n) is 5.94. The molecule has 38 heavy (non-hydrogen) atoms. The Morgan fingerprint density at radius 1 is 0.947 bits per heavy atom. The summed E-state index contributed by atoms with van der Waals surface area (Å²) in [7, 11) is 0. The molecule has 1 fully saturated rings. The molecule has 200 valence electrons. The van der Waals surface area contributed by atoms with Crippen LogP contribution in [0.25, 0.3) is 0 Å². The monoisotopic (exact) mass is 513 g/mol. The Labute approximate surface area is 226 Å². The molecule has 1 aromatic heterocycles. The summed E-state index contributed by atoms with van der Waals surface area (Å²) in [6.07, 6.45) is 8.56. The summed E-state index contributed by atoms with van der Waals surface area (Å²) in [4.78, 5) is 30.8. The highest BCUT2D eigenvalue weighted by Gasteiger charge is 2.34. The fraction of sp³-hybridized carbons (Fsp3) is 0.438. The first-order valence-electron chi connectivity index (χ1n) is 14.1. The standard InChI is InChI=1S/C32H39N3O3/c1-24(2)35(30(36)18-17-25-10-6-7-11-25)23-31(37)34-21-20-33-19-9-16-29(33)32(34)26-12-8-15-28(22-26)38-27-13-4-3-5-14-27/h3-5,8-9,12-16,19,22,24-25,32H,6-7,10-11,17-18,20-21,23H2,1-2H3. The van der Waals surface area contributed by atoms with Crippen LogP contribution in [0.1, 0.15) is 69.7 Å². The van der Waals surface area contributed by atoms with Gasteiger partial charge in [-0.3, -0.25) is 9.59 Å². The van der Waals surface area contributed by atoms with Crippen molar-refractivity contribution in [3.63, 3.8) is 0 Å². The van der Waals surface area contributed by atoms with E-state index in [1.54, 1.807) is 4.90 Å². The minimum Gasteiger partial charge on any atom is -0.457 e. The Morgan fingerprint density at radius 2 is 1.71 bits per heavy atom. The van der Waals surface area contributed by atoms with Crippen LogP contribution in [0.15, 0.2) is 72.9 Å². The predicted molar refractivity (Wildman–Crippen MR) is 149 cm³/mol. The average Bonchev–Trinajstić information content (AvgIpc) is 3.62. The molecule has 1 saturated carbocycles. The van der Waals surface area contributed by atoms with Gasteiger partial charge in [-0.15, -0.1) is 0 Å². The number of carbonyl (C=O) groups is 2. The number of aromatic nitrogens is 1. The van der Waals surface area contributed by atoms with Crippen LogP contribution in [0.2, 0.25) is 0 Å². The first-order chi connectivity index (χ1) is 18.5. The van der Waals surface area contributed by atoms with Crippen molar-refractivity contribution >= 4 is 11.8 Å². The molecule has 1 atom stereocenters. The summed E-state index contributed by atoms with van der Waals surface area (Å²) >= 11 is 0. The van der Waals surface area contributed by atoms with Gasteiger partial charge in [-0.1, -0.05) is 56.0 Å². The Morgan fingerprint density at radius 3 is 2.47 bits per heavy atom. The second-order valence-electron chi connectivity index (χ2n) is 10.9. The van der Waals surface area contributed by atoms with E-state index >= 15 is 0 Å². The number of carbonyl (C=O) groups excluding carboxylic acids is 2. The lowest BCUT2D eigenvalue weighted by Crippen LogP contribution is -2.49. The average molecular weight is 514 g/mol. The van der Waals surface area contributed by atoms with E-state index in [4.69, 9.17) is 4.74 Å². The molecule has 0 spiro atoms. The smallest absolute Gasteiger partial charge is 0.243 e. The minimum absolute atomic E-state index is 0.0141. The molecule has 0 saturated heterocycles. The molecular formula is C32H39N3O3. The van der Waals surface area contributed by atoms with Crippen LogP contribution < -0.4 is 4.74 Å². The molecule has 1 aliphatic carbocycles. The molecule has 2 heterocycles. The summed E-state index contributed by atoms with van der Waals surface area (Å²) < 4.78 is 8.32. The number of hydrogen-bond acceptors (Lipinski definition) is 3.